The smallest absolute Gasteiger partial charge is 0.261 e. The molecule has 2 aromatic rings. The van der Waals surface area contributed by atoms with E-state index in [4.69, 9.17) is 10.5 Å². The molecule has 2 aromatic heterocycles. The van der Waals surface area contributed by atoms with Crippen LogP contribution >= 0.6 is 15.9 Å². The predicted octanol–water partition coefficient (Wildman–Crippen LogP) is 0.354. The average molecular weight is 258 g/mol. The largest absolute Gasteiger partial charge is 0.478 e. The molecule has 0 aliphatic heterocycles. The van der Waals surface area contributed by atoms with Crippen LogP contribution in [0, 0.1) is 0 Å². The second-order valence-corrected chi connectivity index (χ2v) is 3.40. The van der Waals surface area contributed by atoms with Gasteiger partial charge in [-0.2, -0.15) is 0 Å². The summed E-state index contributed by atoms with van der Waals surface area (Å²) in [5, 5.41) is 7.84. The van der Waals surface area contributed by atoms with Gasteiger partial charge in [0.25, 0.3) is 5.88 Å². The van der Waals surface area contributed by atoms with E-state index < -0.39 is 0 Å². The molecule has 2 rings (SSSR count). The Labute approximate surface area is 88.2 Å². The van der Waals surface area contributed by atoms with Crippen molar-refractivity contribution >= 4 is 21.6 Å². The molecule has 0 unspecified atom stereocenters. The number of aromatic nitrogens is 4. The molecular weight excluding hydrogens is 250 g/mol. The molecule has 2 heterocycles. The van der Waals surface area contributed by atoms with Crippen LogP contribution in [0.1, 0.15) is 5.82 Å². The molecule has 2 N–H and O–H groups in total. The first-order chi connectivity index (χ1) is 6.76. The molecule has 0 atom stereocenters. The zero-order valence-electron chi connectivity index (χ0n) is 7.44. The van der Waals surface area contributed by atoms with E-state index in [1.165, 1.54) is 7.11 Å². The van der Waals surface area contributed by atoms with Crippen LogP contribution in [-0.2, 0) is 6.54 Å². The first kappa shape index (κ1) is 9.35. The third-order valence-corrected chi connectivity index (χ3v) is 2.16. The summed E-state index contributed by atoms with van der Waals surface area (Å²) in [6.07, 6.45) is 1.75. The van der Waals surface area contributed by atoms with Gasteiger partial charge in [0.15, 0.2) is 5.82 Å². The van der Waals surface area contributed by atoms with Crippen molar-refractivity contribution in [2.45, 2.75) is 6.54 Å². The van der Waals surface area contributed by atoms with Crippen molar-refractivity contribution in [3.63, 3.8) is 0 Å². The van der Waals surface area contributed by atoms with Gasteiger partial charge in [0.2, 0.25) is 5.65 Å². The molecule has 0 saturated carbocycles. The van der Waals surface area contributed by atoms with Crippen molar-refractivity contribution in [2.24, 2.45) is 5.73 Å². The third-order valence-electron chi connectivity index (χ3n) is 1.78. The molecule has 0 aromatic carbocycles. The van der Waals surface area contributed by atoms with Crippen LogP contribution in [-0.4, -0.2) is 26.7 Å². The molecule has 0 bridgehead atoms. The van der Waals surface area contributed by atoms with E-state index in [2.05, 4.69) is 31.1 Å². The lowest BCUT2D eigenvalue weighted by Crippen LogP contribution is -2.03. The summed E-state index contributed by atoms with van der Waals surface area (Å²) in [5.74, 6) is 1.09. The average Bonchev–Trinajstić information content (AvgIpc) is 2.59. The standard InChI is InChI=1S/C7H8BrN5O/c1-14-7-6-12-11-5(2-9)13(6)3-4(8)10-7/h3H,2,9H2,1H3. The van der Waals surface area contributed by atoms with Gasteiger partial charge in [-0.1, -0.05) is 0 Å². The van der Waals surface area contributed by atoms with Gasteiger partial charge in [-0.3, -0.25) is 4.40 Å². The summed E-state index contributed by atoms with van der Waals surface area (Å²) in [6.45, 7) is 0.320. The molecule has 0 aliphatic carbocycles. The van der Waals surface area contributed by atoms with Gasteiger partial charge in [0.05, 0.1) is 13.7 Å². The highest BCUT2D eigenvalue weighted by Crippen LogP contribution is 2.18. The number of hydrogen-bond acceptors (Lipinski definition) is 5. The maximum absolute atomic E-state index is 5.50. The highest BCUT2D eigenvalue weighted by molar-refractivity contribution is 9.10. The van der Waals surface area contributed by atoms with E-state index in [0.717, 1.165) is 0 Å². The van der Waals surface area contributed by atoms with Crippen molar-refractivity contribution in [3.05, 3.63) is 16.6 Å². The predicted molar refractivity (Wildman–Crippen MR) is 52.9 cm³/mol. The van der Waals surface area contributed by atoms with E-state index >= 15 is 0 Å². The van der Waals surface area contributed by atoms with Gasteiger partial charge < -0.3 is 10.5 Å². The van der Waals surface area contributed by atoms with E-state index in [-0.39, 0.29) is 0 Å². The Balaban J connectivity index is 2.76. The van der Waals surface area contributed by atoms with Gasteiger partial charge in [-0.25, -0.2) is 4.98 Å². The molecule has 74 valence electrons. The summed E-state index contributed by atoms with van der Waals surface area (Å²) in [7, 11) is 1.53. The lowest BCUT2D eigenvalue weighted by molar-refractivity contribution is 0.399. The Kier molecular flexibility index (Phi) is 2.34. The SMILES string of the molecule is COc1nc(Br)cn2c(CN)nnc12. The maximum Gasteiger partial charge on any atom is 0.261 e. The molecule has 0 saturated heterocycles. The van der Waals surface area contributed by atoms with Crippen LogP contribution in [0.25, 0.3) is 5.65 Å². The van der Waals surface area contributed by atoms with E-state index in [0.29, 0.717) is 28.5 Å². The molecule has 14 heavy (non-hydrogen) atoms. The number of halogens is 1. The molecular formula is C7H8BrN5O. The molecule has 0 radical (unpaired) electrons. The summed E-state index contributed by atoms with van der Waals surface area (Å²) >= 11 is 3.26. The van der Waals surface area contributed by atoms with Crippen molar-refractivity contribution in [3.8, 4) is 5.88 Å². The van der Waals surface area contributed by atoms with Crippen LogP contribution in [0.2, 0.25) is 0 Å². The van der Waals surface area contributed by atoms with Crippen LogP contribution in [0.15, 0.2) is 10.8 Å². The fraction of sp³-hybridized carbons (Fsp3) is 0.286. The van der Waals surface area contributed by atoms with Crippen LogP contribution < -0.4 is 10.5 Å². The highest BCUT2D eigenvalue weighted by Gasteiger charge is 2.11. The lowest BCUT2D eigenvalue weighted by Gasteiger charge is -2.02. The van der Waals surface area contributed by atoms with Gasteiger partial charge in [-0.15, -0.1) is 10.2 Å². The Morgan fingerprint density at radius 3 is 3.00 bits per heavy atom. The number of nitrogens with zero attached hydrogens (tertiary/aromatic N) is 4. The number of ether oxygens (including phenoxy) is 1. The first-order valence-electron chi connectivity index (χ1n) is 3.90. The number of fused-ring (bicyclic) bond motifs is 1. The Hall–Kier alpha value is -1.21. The minimum absolute atomic E-state index is 0.320. The number of rotatable bonds is 2. The Morgan fingerprint density at radius 2 is 2.36 bits per heavy atom. The lowest BCUT2D eigenvalue weighted by atomic mass is 10.5. The molecule has 0 fully saturated rings. The van der Waals surface area contributed by atoms with E-state index in [1.54, 1.807) is 10.6 Å². The van der Waals surface area contributed by atoms with Crippen LogP contribution in [0.5, 0.6) is 5.88 Å². The Morgan fingerprint density at radius 1 is 1.57 bits per heavy atom. The molecule has 0 amide bonds. The number of hydrogen-bond donors (Lipinski definition) is 1. The summed E-state index contributed by atoms with van der Waals surface area (Å²) < 4.78 is 7.46. The summed E-state index contributed by atoms with van der Waals surface area (Å²) in [4.78, 5) is 4.10. The zero-order chi connectivity index (χ0) is 10.1. The molecule has 0 spiro atoms. The topological polar surface area (TPSA) is 78.3 Å². The fourth-order valence-corrected chi connectivity index (χ4v) is 1.53. The van der Waals surface area contributed by atoms with Gasteiger partial charge in [0.1, 0.15) is 4.60 Å². The number of nitrogens with two attached hydrogens (primary N) is 1. The second-order valence-electron chi connectivity index (χ2n) is 2.59. The molecule has 6 nitrogen and oxygen atoms in total. The summed E-state index contributed by atoms with van der Waals surface area (Å²) in [6, 6.07) is 0. The normalized spacial score (nSPS) is 10.8. The highest BCUT2D eigenvalue weighted by atomic mass is 79.9. The minimum Gasteiger partial charge on any atom is -0.478 e. The van der Waals surface area contributed by atoms with Gasteiger partial charge >= 0.3 is 0 Å². The zero-order valence-corrected chi connectivity index (χ0v) is 9.02. The first-order valence-corrected chi connectivity index (χ1v) is 4.69. The van der Waals surface area contributed by atoms with E-state index in [1.807, 2.05) is 0 Å². The van der Waals surface area contributed by atoms with Crippen molar-refractivity contribution < 1.29 is 4.74 Å². The third kappa shape index (κ3) is 1.34. The van der Waals surface area contributed by atoms with Crippen molar-refractivity contribution in [2.75, 3.05) is 7.11 Å². The van der Waals surface area contributed by atoms with Crippen molar-refractivity contribution in [1.82, 2.24) is 19.6 Å². The summed E-state index contributed by atoms with van der Waals surface area (Å²) in [5.41, 5.74) is 6.07. The van der Waals surface area contributed by atoms with Crippen LogP contribution in [0.4, 0.5) is 0 Å². The Bertz CT molecular complexity index is 468. The second kappa shape index (κ2) is 3.50. The maximum atomic E-state index is 5.50. The van der Waals surface area contributed by atoms with Crippen LogP contribution in [0.3, 0.4) is 0 Å². The van der Waals surface area contributed by atoms with E-state index in [9.17, 15) is 0 Å². The van der Waals surface area contributed by atoms with Gasteiger partial charge in [0, 0.05) is 6.20 Å². The fourth-order valence-electron chi connectivity index (χ4n) is 1.16. The van der Waals surface area contributed by atoms with Crippen molar-refractivity contribution in [1.29, 1.82) is 0 Å². The monoisotopic (exact) mass is 257 g/mol. The quantitative estimate of drug-likeness (QED) is 0.841. The minimum atomic E-state index is 0.320. The number of methoxy groups -OCH3 is 1. The molecule has 0 aliphatic rings. The molecule has 7 heteroatoms. The van der Waals surface area contributed by atoms with Gasteiger partial charge in [-0.05, 0) is 15.9 Å².